The number of rotatable bonds is 47. The molecule has 39 nitrogen and oxygen atoms in total. The standard InChI is InChI=1S/C60H100N16O23S3/c1-91-21-22-92-20-17-67-58(90)59-76-56(88)43(31-40-9-4-3-5-10-40)72-46(77)34-70-54(86)44(32-52(83)84)73-47(78)33-69-53(85)41(12-8-14-68-60(61)62)74-57(89)45(38-102-100-2)75-55(87)42(71-51(82)39-101-59)11-6-7-13-64-48(79)35-98-36-49(80)65-15-18-93-23-25-95-27-29-97-30-28-96-26-24-94-19-16-66-50(81)37-99-63/h3-5,9-10,41-45,59H,6-8,11-39,63H2,1-2H3,(H,64,79)(H,65,80)(H,66,81)(H,67,90)(H,69,85)(H,70,86)(H,71,82)(H,72,77)(H,73,78)(H,74,89)(H,75,87)(H,76,88)(H,83,84)(H4,61,62,68)/t41-,42-,43-,44-,45-,59?/m0/s1. The van der Waals surface area contributed by atoms with Gasteiger partial charge in [0.15, 0.2) is 11.3 Å². The Kier molecular flexibility index (Phi) is 51.1. The normalized spacial score (nSPS) is 18.5. The van der Waals surface area contributed by atoms with Gasteiger partial charge in [0.2, 0.25) is 65.0 Å². The van der Waals surface area contributed by atoms with Gasteiger partial charge in [-0.2, -0.15) is 0 Å². The molecule has 12 amide bonds. The number of nitrogens with one attached hydrogen (secondary N) is 12. The van der Waals surface area contributed by atoms with Gasteiger partial charge in [0.05, 0.1) is 111 Å². The SMILES string of the molecule is COCCOCCNC(=O)C1NC(=O)[C@H](Cc2ccccc2)NC(=O)CNC(=O)[C@H](CC(=O)O)NC(=O)CNC(=O)[C@H](CCCN=C(N)N)NC(=O)[C@H](CSSC)NC(=O)[C@H](CCCCNC(=O)COCC(=O)NCCOCCOCCOCCOCCOCCNC(=O)CON)NC(=O)CS1. The molecule has 42 heteroatoms. The number of guanidine groups is 1. The third kappa shape index (κ3) is 46.0. The zero-order valence-corrected chi connectivity index (χ0v) is 59.8. The highest BCUT2D eigenvalue weighted by Crippen LogP contribution is 2.19. The first-order valence-corrected chi connectivity index (χ1v) is 36.3. The largest absolute Gasteiger partial charge is 0.481 e. The lowest BCUT2D eigenvalue weighted by molar-refractivity contribution is -0.141. The molecule has 0 aromatic heterocycles. The molecular weight excluding hydrogens is 1410 g/mol. The van der Waals surface area contributed by atoms with E-state index in [9.17, 15) is 67.4 Å². The number of methoxy groups -OCH3 is 1. The van der Waals surface area contributed by atoms with E-state index in [4.69, 9.17) is 55.3 Å². The van der Waals surface area contributed by atoms with Gasteiger partial charge >= 0.3 is 5.97 Å². The van der Waals surface area contributed by atoms with E-state index in [-0.39, 0.29) is 129 Å². The summed E-state index contributed by atoms with van der Waals surface area (Å²) in [5.74, 6) is -7.47. The summed E-state index contributed by atoms with van der Waals surface area (Å²) >= 11 is 0.632. The summed E-state index contributed by atoms with van der Waals surface area (Å²) in [7, 11) is 3.87. The molecule has 1 fully saturated rings. The minimum atomic E-state index is -1.80. The fourth-order valence-corrected chi connectivity index (χ4v) is 10.6. The van der Waals surface area contributed by atoms with Gasteiger partial charge in [-0.05, 0) is 43.9 Å². The number of carboxylic acid groups (broad SMARTS) is 1. The summed E-state index contributed by atoms with van der Waals surface area (Å²) < 4.78 is 42.9. The van der Waals surface area contributed by atoms with Gasteiger partial charge in [-0.25, -0.2) is 5.90 Å². The first-order chi connectivity index (χ1) is 49.1. The predicted molar refractivity (Wildman–Crippen MR) is 372 cm³/mol. The number of carbonyl (C=O) groups is 13. The van der Waals surface area contributed by atoms with Crippen LogP contribution in [0.5, 0.6) is 0 Å². The van der Waals surface area contributed by atoms with Crippen LogP contribution in [-0.4, -0.2) is 300 Å². The van der Waals surface area contributed by atoms with Gasteiger partial charge in [-0.15, -0.1) is 11.8 Å². The number of nitrogens with zero attached hydrogens (tertiary/aromatic N) is 1. The van der Waals surface area contributed by atoms with E-state index in [0.717, 1.165) is 10.8 Å². The molecule has 2 rings (SSSR count). The van der Waals surface area contributed by atoms with Crippen molar-refractivity contribution in [3.8, 4) is 0 Å². The fraction of sp³-hybridized carbons (Fsp3) is 0.667. The lowest BCUT2D eigenvalue weighted by Gasteiger charge is -2.26. The van der Waals surface area contributed by atoms with Crippen molar-refractivity contribution < 1.29 is 110 Å². The van der Waals surface area contributed by atoms with Crippen molar-refractivity contribution in [3.63, 3.8) is 0 Å². The van der Waals surface area contributed by atoms with Crippen molar-refractivity contribution in [2.75, 3.05) is 176 Å². The molecule has 1 unspecified atom stereocenters. The number of unbranched alkanes of at least 4 members (excludes halogenated alkanes) is 1. The third-order valence-corrected chi connectivity index (χ3v) is 16.4. The van der Waals surface area contributed by atoms with Gasteiger partial charge in [-0.3, -0.25) is 72.2 Å². The van der Waals surface area contributed by atoms with Gasteiger partial charge in [0.25, 0.3) is 5.91 Å². The van der Waals surface area contributed by atoms with Crippen LogP contribution in [0.1, 0.15) is 44.1 Å². The third-order valence-electron chi connectivity index (χ3n) is 13.4. The van der Waals surface area contributed by atoms with Crippen LogP contribution in [0, 0.1) is 0 Å². The topological polar surface area (TPSA) is 560 Å². The molecule has 102 heavy (non-hydrogen) atoms. The van der Waals surface area contributed by atoms with Gasteiger partial charge in [0, 0.05) is 52.0 Å². The Morgan fingerprint density at radius 1 is 0.539 bits per heavy atom. The van der Waals surface area contributed by atoms with Crippen LogP contribution in [0.2, 0.25) is 0 Å². The van der Waals surface area contributed by atoms with E-state index < -0.39 is 145 Å². The Morgan fingerprint density at radius 2 is 1.01 bits per heavy atom. The molecule has 0 saturated carbocycles. The second kappa shape index (κ2) is 57.7. The number of carboxylic acids is 1. The van der Waals surface area contributed by atoms with E-state index in [1.54, 1.807) is 36.6 Å². The molecule has 0 bridgehead atoms. The molecule has 1 heterocycles. The van der Waals surface area contributed by atoms with Crippen LogP contribution in [0.4, 0.5) is 0 Å². The average Bonchev–Trinajstić information content (AvgIpc) is 0.886. The zero-order valence-electron chi connectivity index (χ0n) is 57.3. The quantitative estimate of drug-likeness (QED) is 0.00948. The van der Waals surface area contributed by atoms with E-state index in [1.807, 2.05) is 0 Å². The molecule has 576 valence electrons. The maximum Gasteiger partial charge on any atom is 0.305 e. The maximum atomic E-state index is 14.5. The van der Waals surface area contributed by atoms with Gasteiger partial charge < -0.3 is 118 Å². The lowest BCUT2D eigenvalue weighted by Crippen LogP contribution is -2.58. The second-order valence-electron chi connectivity index (χ2n) is 21.6. The summed E-state index contributed by atoms with van der Waals surface area (Å²) in [6.07, 6.45) is 0.811. The zero-order chi connectivity index (χ0) is 75.0. The van der Waals surface area contributed by atoms with Crippen molar-refractivity contribution in [3.05, 3.63) is 35.9 Å². The lowest BCUT2D eigenvalue weighted by atomic mass is 10.1. The van der Waals surface area contributed by atoms with Crippen molar-refractivity contribution in [1.29, 1.82) is 0 Å². The van der Waals surface area contributed by atoms with Crippen LogP contribution in [0.25, 0.3) is 0 Å². The summed E-state index contributed by atoms with van der Waals surface area (Å²) in [4.78, 5) is 181. The molecule has 1 aromatic rings. The van der Waals surface area contributed by atoms with Crippen molar-refractivity contribution in [2.24, 2.45) is 22.4 Å². The molecule has 6 atom stereocenters. The molecule has 0 aliphatic carbocycles. The Labute approximate surface area is 602 Å². The van der Waals surface area contributed by atoms with Crippen molar-refractivity contribution in [1.82, 2.24) is 63.8 Å². The van der Waals surface area contributed by atoms with E-state index in [1.165, 1.54) is 17.9 Å². The van der Waals surface area contributed by atoms with Crippen LogP contribution in [0.15, 0.2) is 35.3 Å². The molecule has 1 saturated heterocycles. The summed E-state index contributed by atoms with van der Waals surface area (Å²) in [5.41, 5.74) is 11.5. The molecule has 1 aliphatic heterocycles. The fourth-order valence-electron chi connectivity index (χ4n) is 8.48. The summed E-state index contributed by atoms with van der Waals surface area (Å²) in [5, 5.41) is 38.3. The number of hydrogen-bond acceptors (Lipinski definition) is 27. The highest BCUT2D eigenvalue weighted by Gasteiger charge is 2.33. The number of hydrogen-bond donors (Lipinski definition) is 16. The monoisotopic (exact) mass is 1510 g/mol. The van der Waals surface area contributed by atoms with E-state index >= 15 is 0 Å². The van der Waals surface area contributed by atoms with Crippen molar-refractivity contribution in [2.45, 2.75) is 80.5 Å². The molecule has 1 aliphatic rings. The van der Waals surface area contributed by atoms with Gasteiger partial charge in [-0.1, -0.05) is 51.9 Å². The summed E-state index contributed by atoms with van der Waals surface area (Å²) in [6.45, 7) is 1.18. The minimum absolute atomic E-state index is 0.00390. The van der Waals surface area contributed by atoms with Crippen LogP contribution < -0.4 is 81.2 Å². The molecule has 0 radical (unpaired) electrons. The number of thioether (sulfide) groups is 1. The molecule has 1 aromatic carbocycles. The Morgan fingerprint density at radius 3 is 1.56 bits per heavy atom. The summed E-state index contributed by atoms with van der Waals surface area (Å²) in [6, 6.07) is 0.885. The minimum Gasteiger partial charge on any atom is -0.481 e. The number of nitrogens with two attached hydrogens (primary N) is 3. The first kappa shape index (κ1) is 90.3. The second-order valence-corrected chi connectivity index (χ2v) is 25.3. The molecular formula is C60H100N16O23S3. The Bertz CT molecular complexity index is 2740. The number of ether oxygens (including phenoxy) is 8. The number of benzene rings is 1. The highest BCUT2D eigenvalue weighted by atomic mass is 33.1. The number of amides is 12. The molecule has 0 spiro atoms. The predicted octanol–water partition coefficient (Wildman–Crippen LogP) is -7.10. The first-order valence-electron chi connectivity index (χ1n) is 32.5. The average molecular weight is 1510 g/mol. The number of aliphatic imine (C=N–C) groups is 1. The van der Waals surface area contributed by atoms with Crippen LogP contribution >= 0.6 is 33.3 Å². The van der Waals surface area contributed by atoms with Crippen molar-refractivity contribution >= 4 is 116 Å². The van der Waals surface area contributed by atoms with E-state index in [0.29, 0.717) is 70.1 Å². The van der Waals surface area contributed by atoms with Crippen LogP contribution in [0.3, 0.4) is 0 Å². The Hall–Kier alpha value is -7.75. The van der Waals surface area contributed by atoms with Crippen LogP contribution in [-0.2, 0) is 111 Å². The Balaban J connectivity index is 2.22. The smallest absolute Gasteiger partial charge is 0.305 e. The maximum absolute atomic E-state index is 14.5. The highest BCUT2D eigenvalue weighted by molar-refractivity contribution is 8.76. The number of carbonyl (C=O) groups excluding carboxylic acids is 12. The number of aliphatic carboxylic acids is 1. The van der Waals surface area contributed by atoms with Gasteiger partial charge in [0.1, 0.15) is 50.0 Å². The van der Waals surface area contributed by atoms with E-state index in [2.05, 4.69) is 73.6 Å². The molecule has 19 N–H and O–H groups in total.